The Labute approximate surface area is 214 Å². The van der Waals surface area contributed by atoms with E-state index in [1.807, 2.05) is 6.07 Å². The number of halogens is 2. The first-order chi connectivity index (χ1) is 15.2. The molecule has 0 spiro atoms. The van der Waals surface area contributed by atoms with E-state index in [-0.39, 0.29) is 24.8 Å². The van der Waals surface area contributed by atoms with Crippen LogP contribution in [0.3, 0.4) is 0 Å². The largest absolute Gasteiger partial charge is 0.493 e. The fourth-order valence-corrected chi connectivity index (χ4v) is 4.08. The van der Waals surface area contributed by atoms with Crippen molar-refractivity contribution in [1.29, 1.82) is 0 Å². The number of ether oxygens (including phenoxy) is 2. The van der Waals surface area contributed by atoms with Gasteiger partial charge in [0, 0.05) is 18.7 Å². The number of methoxy groups -OCH3 is 2. The molecule has 33 heavy (non-hydrogen) atoms. The van der Waals surface area contributed by atoms with Gasteiger partial charge in [0.1, 0.15) is 0 Å². The van der Waals surface area contributed by atoms with Gasteiger partial charge in [-0.1, -0.05) is 75.9 Å². The van der Waals surface area contributed by atoms with Crippen LogP contribution in [0.1, 0.15) is 62.6 Å². The van der Waals surface area contributed by atoms with Crippen LogP contribution >= 0.6 is 24.8 Å². The van der Waals surface area contributed by atoms with E-state index in [1.165, 1.54) is 36.0 Å². The van der Waals surface area contributed by atoms with Crippen LogP contribution in [0, 0.1) is 0 Å². The zero-order valence-corrected chi connectivity index (χ0v) is 22.5. The van der Waals surface area contributed by atoms with Gasteiger partial charge < -0.3 is 20.1 Å². The number of benzene rings is 2. The first-order valence-electron chi connectivity index (χ1n) is 12.0. The van der Waals surface area contributed by atoms with Gasteiger partial charge in [0.2, 0.25) is 0 Å². The Morgan fingerprint density at radius 3 is 2.06 bits per heavy atom. The van der Waals surface area contributed by atoms with E-state index < -0.39 is 0 Å². The summed E-state index contributed by atoms with van der Waals surface area (Å²) in [6.45, 7) is 6.41. The molecule has 188 valence electrons. The van der Waals surface area contributed by atoms with Gasteiger partial charge in [-0.05, 0) is 42.9 Å². The number of unbranched alkanes of at least 4 members (excludes halogenated alkanes) is 2. The maximum absolute atomic E-state index is 5.69. The van der Waals surface area contributed by atoms with Crippen LogP contribution in [0.5, 0.6) is 11.5 Å². The van der Waals surface area contributed by atoms with Crippen LogP contribution in [0.4, 0.5) is 0 Å². The number of hydrogen-bond acceptors (Lipinski definition) is 4. The summed E-state index contributed by atoms with van der Waals surface area (Å²) in [5, 5.41) is 7.50. The second kappa shape index (κ2) is 18.9. The molecular formula is C27H44Cl2N2O2. The average molecular weight is 500 g/mol. The molecule has 0 bridgehead atoms. The molecule has 0 radical (unpaired) electrons. The Balaban J connectivity index is 0.00000512. The highest BCUT2D eigenvalue weighted by atomic mass is 35.5. The predicted molar refractivity (Wildman–Crippen MR) is 146 cm³/mol. The molecule has 0 saturated heterocycles. The van der Waals surface area contributed by atoms with Gasteiger partial charge >= 0.3 is 0 Å². The third-order valence-electron chi connectivity index (χ3n) is 5.77. The molecule has 4 nitrogen and oxygen atoms in total. The summed E-state index contributed by atoms with van der Waals surface area (Å²) < 4.78 is 11.2. The molecule has 0 aliphatic rings. The predicted octanol–water partition coefficient (Wildman–Crippen LogP) is 6.37. The lowest BCUT2D eigenvalue weighted by atomic mass is 9.98. The van der Waals surface area contributed by atoms with Gasteiger partial charge in [-0.2, -0.15) is 0 Å². The Morgan fingerprint density at radius 2 is 1.45 bits per heavy atom. The van der Waals surface area contributed by atoms with E-state index in [1.54, 1.807) is 14.2 Å². The fourth-order valence-electron chi connectivity index (χ4n) is 4.08. The third kappa shape index (κ3) is 11.0. The Kier molecular flexibility index (Phi) is 18.1. The van der Waals surface area contributed by atoms with E-state index in [4.69, 9.17) is 9.47 Å². The molecule has 2 N–H and O–H groups in total. The molecule has 0 heterocycles. The topological polar surface area (TPSA) is 42.5 Å². The molecule has 0 aliphatic heterocycles. The van der Waals surface area contributed by atoms with Gasteiger partial charge in [-0.25, -0.2) is 0 Å². The zero-order valence-electron chi connectivity index (χ0n) is 20.8. The Morgan fingerprint density at radius 1 is 0.758 bits per heavy atom. The van der Waals surface area contributed by atoms with Crippen molar-refractivity contribution in [3.05, 3.63) is 59.2 Å². The minimum atomic E-state index is 0. The fraction of sp³-hybridized carbons (Fsp3) is 0.556. The summed E-state index contributed by atoms with van der Waals surface area (Å²) in [6.07, 6.45) is 9.45. The van der Waals surface area contributed by atoms with Gasteiger partial charge in [0.15, 0.2) is 11.5 Å². The maximum atomic E-state index is 5.69. The van der Waals surface area contributed by atoms with E-state index in [0.717, 1.165) is 56.7 Å². The van der Waals surface area contributed by atoms with Crippen molar-refractivity contribution >= 4 is 24.8 Å². The van der Waals surface area contributed by atoms with Crippen LogP contribution in [0.25, 0.3) is 0 Å². The molecular weight excluding hydrogens is 455 g/mol. The van der Waals surface area contributed by atoms with Crippen molar-refractivity contribution in [2.24, 2.45) is 0 Å². The molecule has 2 aromatic rings. The van der Waals surface area contributed by atoms with Crippen LogP contribution in [-0.4, -0.2) is 33.5 Å². The Hall–Kier alpha value is -1.46. The SMILES string of the molecule is CCCCCC(NCCc1ccccc1)NCCc1ccc(OC)c(OC)c1CCC.Cl.Cl. The van der Waals surface area contributed by atoms with E-state index in [0.29, 0.717) is 6.17 Å². The molecule has 2 aromatic carbocycles. The van der Waals surface area contributed by atoms with Crippen molar-refractivity contribution in [2.75, 3.05) is 27.3 Å². The second-order valence-corrected chi connectivity index (χ2v) is 8.13. The molecule has 0 fully saturated rings. The molecule has 0 aliphatic carbocycles. The lowest BCUT2D eigenvalue weighted by Gasteiger charge is -2.22. The van der Waals surface area contributed by atoms with E-state index in [2.05, 4.69) is 60.9 Å². The number of hydrogen-bond donors (Lipinski definition) is 2. The smallest absolute Gasteiger partial charge is 0.164 e. The molecule has 1 unspecified atom stereocenters. The van der Waals surface area contributed by atoms with Crippen molar-refractivity contribution in [3.8, 4) is 11.5 Å². The Bertz CT molecular complexity index is 744. The third-order valence-corrected chi connectivity index (χ3v) is 5.77. The van der Waals surface area contributed by atoms with Crippen molar-refractivity contribution in [2.45, 2.75) is 71.4 Å². The average Bonchev–Trinajstić information content (AvgIpc) is 2.80. The summed E-state index contributed by atoms with van der Waals surface area (Å²) in [5.41, 5.74) is 4.02. The lowest BCUT2D eigenvalue weighted by Crippen LogP contribution is -2.44. The molecule has 0 amide bonds. The summed E-state index contributed by atoms with van der Waals surface area (Å²) in [5.74, 6) is 1.71. The quantitative estimate of drug-likeness (QED) is 0.208. The minimum Gasteiger partial charge on any atom is -0.493 e. The van der Waals surface area contributed by atoms with Crippen molar-refractivity contribution < 1.29 is 9.47 Å². The standard InChI is InChI=1S/C27H42N2O2.2ClH/c1-5-7-9-15-26(28-20-18-22-13-10-8-11-14-22)29-21-19-23-16-17-25(30-3)27(31-4)24(23)12-6-2;;/h8,10-11,13-14,16-17,26,28-29H,5-7,9,12,15,18-21H2,1-4H3;2*1H. The molecule has 1 atom stereocenters. The van der Waals surface area contributed by atoms with Crippen LogP contribution < -0.4 is 20.1 Å². The van der Waals surface area contributed by atoms with Gasteiger partial charge in [0.25, 0.3) is 0 Å². The van der Waals surface area contributed by atoms with E-state index >= 15 is 0 Å². The van der Waals surface area contributed by atoms with E-state index in [9.17, 15) is 0 Å². The normalized spacial score (nSPS) is 11.3. The van der Waals surface area contributed by atoms with Crippen molar-refractivity contribution in [3.63, 3.8) is 0 Å². The molecule has 6 heteroatoms. The summed E-state index contributed by atoms with van der Waals surface area (Å²) >= 11 is 0. The molecule has 2 rings (SSSR count). The van der Waals surface area contributed by atoms with Gasteiger partial charge in [-0.15, -0.1) is 24.8 Å². The molecule has 0 aromatic heterocycles. The highest BCUT2D eigenvalue weighted by Crippen LogP contribution is 2.34. The maximum Gasteiger partial charge on any atom is 0.164 e. The number of rotatable bonds is 16. The van der Waals surface area contributed by atoms with Crippen LogP contribution in [0.15, 0.2) is 42.5 Å². The lowest BCUT2D eigenvalue weighted by molar-refractivity contribution is 0.350. The number of nitrogens with one attached hydrogen (secondary N) is 2. The van der Waals surface area contributed by atoms with Crippen molar-refractivity contribution in [1.82, 2.24) is 10.6 Å². The van der Waals surface area contributed by atoms with Gasteiger partial charge in [-0.3, -0.25) is 0 Å². The minimum absolute atomic E-state index is 0. The van der Waals surface area contributed by atoms with Crippen LogP contribution in [0.2, 0.25) is 0 Å². The summed E-state index contributed by atoms with van der Waals surface area (Å²) in [7, 11) is 3.44. The van der Waals surface area contributed by atoms with Crippen LogP contribution in [-0.2, 0) is 19.3 Å². The first kappa shape index (κ1) is 31.5. The first-order valence-corrected chi connectivity index (χ1v) is 12.0. The highest BCUT2D eigenvalue weighted by molar-refractivity contribution is 5.85. The summed E-state index contributed by atoms with van der Waals surface area (Å²) in [4.78, 5) is 0. The summed E-state index contributed by atoms with van der Waals surface area (Å²) in [6, 6.07) is 14.9. The molecule has 0 saturated carbocycles. The highest BCUT2D eigenvalue weighted by Gasteiger charge is 2.15. The zero-order chi connectivity index (χ0) is 22.3. The monoisotopic (exact) mass is 498 g/mol. The van der Waals surface area contributed by atoms with Gasteiger partial charge in [0.05, 0.1) is 20.4 Å². The second-order valence-electron chi connectivity index (χ2n) is 8.13.